The highest BCUT2D eigenvalue weighted by Crippen LogP contribution is 2.37. The van der Waals surface area contributed by atoms with Crippen LogP contribution in [0.5, 0.6) is 5.75 Å². The lowest BCUT2D eigenvalue weighted by Gasteiger charge is -2.41. The van der Waals surface area contributed by atoms with Crippen LogP contribution in [0.1, 0.15) is 24.4 Å². The topological polar surface area (TPSA) is 33.7 Å². The molecule has 4 nitrogen and oxygen atoms in total. The van der Waals surface area contributed by atoms with E-state index < -0.39 is 12.5 Å². The Morgan fingerprint density at radius 3 is 2.50 bits per heavy atom. The van der Waals surface area contributed by atoms with Crippen molar-refractivity contribution in [2.45, 2.75) is 31.4 Å². The highest BCUT2D eigenvalue weighted by molar-refractivity contribution is 5.31. The molecule has 26 heavy (non-hydrogen) atoms. The van der Waals surface area contributed by atoms with Crippen LogP contribution in [0.15, 0.2) is 24.3 Å². The number of alkyl halides is 4. The Kier molecular flexibility index (Phi) is 6.37. The summed E-state index contributed by atoms with van der Waals surface area (Å²) in [6, 6.07) is 6.23. The van der Waals surface area contributed by atoms with Crippen LogP contribution in [0, 0.1) is 5.92 Å². The van der Waals surface area contributed by atoms with E-state index in [0.717, 1.165) is 44.6 Å². The lowest BCUT2D eigenvalue weighted by Crippen LogP contribution is -2.47. The number of hydrogen-bond donors (Lipinski definition) is 1. The molecule has 2 aliphatic rings. The fourth-order valence-corrected chi connectivity index (χ4v) is 3.74. The maximum atomic E-state index is 13.3. The fraction of sp³-hybridized carbons (Fsp3) is 0.667. The minimum Gasteiger partial charge on any atom is -0.428 e. The van der Waals surface area contributed by atoms with Crippen LogP contribution >= 0.6 is 0 Å². The van der Waals surface area contributed by atoms with Crippen LogP contribution in [0.2, 0.25) is 0 Å². The molecule has 0 spiro atoms. The summed E-state index contributed by atoms with van der Waals surface area (Å²) in [6.07, 6.45) is -6.60. The van der Waals surface area contributed by atoms with E-state index >= 15 is 0 Å². The average Bonchev–Trinajstić information content (AvgIpc) is 2.64. The van der Waals surface area contributed by atoms with Crippen molar-refractivity contribution < 1.29 is 27.0 Å². The van der Waals surface area contributed by atoms with E-state index in [0.29, 0.717) is 19.1 Å². The molecule has 0 aromatic heterocycles. The maximum absolute atomic E-state index is 13.3. The van der Waals surface area contributed by atoms with Crippen molar-refractivity contribution in [3.63, 3.8) is 0 Å². The molecule has 0 amide bonds. The van der Waals surface area contributed by atoms with E-state index in [1.54, 1.807) is 6.07 Å². The molecule has 0 radical (unpaired) electrons. The van der Waals surface area contributed by atoms with E-state index in [9.17, 15) is 17.6 Å². The summed E-state index contributed by atoms with van der Waals surface area (Å²) in [4.78, 5) is 2.33. The van der Waals surface area contributed by atoms with Crippen molar-refractivity contribution in [2.75, 3.05) is 39.4 Å². The molecule has 0 aliphatic carbocycles. The van der Waals surface area contributed by atoms with E-state index in [1.807, 2.05) is 6.07 Å². The van der Waals surface area contributed by atoms with Gasteiger partial charge in [0.05, 0.1) is 0 Å². The molecule has 1 atom stereocenters. The van der Waals surface area contributed by atoms with E-state index in [1.165, 1.54) is 12.1 Å². The number of nitrogens with zero attached hydrogens (tertiary/aromatic N) is 1. The first-order chi connectivity index (χ1) is 12.5. The van der Waals surface area contributed by atoms with Gasteiger partial charge in [-0.05, 0) is 36.5 Å². The molecule has 2 aliphatic heterocycles. The van der Waals surface area contributed by atoms with Gasteiger partial charge in [0.15, 0.2) is 0 Å². The minimum atomic E-state index is -4.50. The van der Waals surface area contributed by atoms with Gasteiger partial charge in [0.25, 0.3) is 0 Å². The van der Waals surface area contributed by atoms with Gasteiger partial charge < -0.3 is 14.8 Å². The first-order valence-electron chi connectivity index (χ1n) is 8.95. The predicted molar refractivity (Wildman–Crippen MR) is 88.7 cm³/mol. The first-order valence-corrected chi connectivity index (χ1v) is 8.95. The van der Waals surface area contributed by atoms with Crippen molar-refractivity contribution in [1.82, 2.24) is 10.2 Å². The molecule has 3 rings (SSSR count). The fourth-order valence-electron chi connectivity index (χ4n) is 3.74. The second-order valence-corrected chi connectivity index (χ2v) is 6.72. The van der Waals surface area contributed by atoms with E-state index in [2.05, 4.69) is 15.0 Å². The molecule has 0 bridgehead atoms. The highest BCUT2D eigenvalue weighted by atomic mass is 19.3. The van der Waals surface area contributed by atoms with Crippen LogP contribution in [0.3, 0.4) is 0 Å². The zero-order valence-electron chi connectivity index (χ0n) is 14.5. The number of ether oxygens (including phenoxy) is 2. The van der Waals surface area contributed by atoms with Crippen molar-refractivity contribution in [1.29, 1.82) is 0 Å². The van der Waals surface area contributed by atoms with Crippen molar-refractivity contribution in [3.8, 4) is 5.75 Å². The summed E-state index contributed by atoms with van der Waals surface area (Å²) in [5.41, 5.74) is 0.821. The SMILES string of the molecule is FC(F)C(F)(F)Oc1cccc([C@@H](C2CCOCC2)N2CCNCC2)c1. The smallest absolute Gasteiger partial charge is 0.428 e. The Balaban J connectivity index is 1.84. The Bertz CT molecular complexity index is 558. The molecule has 146 valence electrons. The quantitative estimate of drug-likeness (QED) is 0.773. The van der Waals surface area contributed by atoms with Crippen LogP contribution in [-0.4, -0.2) is 56.8 Å². The molecule has 2 heterocycles. The average molecular weight is 376 g/mol. The van der Waals surface area contributed by atoms with Gasteiger partial charge in [-0.2, -0.15) is 17.6 Å². The first kappa shape index (κ1) is 19.4. The molecule has 8 heteroatoms. The van der Waals surface area contributed by atoms with Crippen molar-refractivity contribution in [3.05, 3.63) is 29.8 Å². The number of hydrogen-bond acceptors (Lipinski definition) is 4. The predicted octanol–water partition coefficient (Wildman–Crippen LogP) is 3.30. The highest BCUT2D eigenvalue weighted by Gasteiger charge is 2.44. The largest absolute Gasteiger partial charge is 0.461 e. The maximum Gasteiger partial charge on any atom is 0.461 e. The zero-order valence-corrected chi connectivity index (χ0v) is 14.5. The van der Waals surface area contributed by atoms with Gasteiger partial charge in [0.2, 0.25) is 0 Å². The Morgan fingerprint density at radius 2 is 1.85 bits per heavy atom. The van der Waals surface area contributed by atoms with Crippen molar-refractivity contribution in [2.24, 2.45) is 5.92 Å². The number of nitrogens with one attached hydrogen (secondary N) is 1. The summed E-state index contributed by atoms with van der Waals surface area (Å²) in [6.45, 7) is 4.76. The van der Waals surface area contributed by atoms with Gasteiger partial charge in [-0.1, -0.05) is 12.1 Å². The molecule has 1 aromatic carbocycles. The monoisotopic (exact) mass is 376 g/mol. The Hall–Kier alpha value is -1.38. The summed E-state index contributed by atoms with van der Waals surface area (Å²) in [5.74, 6) is 0.0905. The van der Waals surface area contributed by atoms with E-state index in [-0.39, 0.29) is 11.8 Å². The third-order valence-corrected chi connectivity index (χ3v) is 4.97. The molecule has 2 fully saturated rings. The number of benzene rings is 1. The number of rotatable bonds is 6. The molecule has 2 saturated heterocycles. The normalized spacial score (nSPS) is 21.7. The van der Waals surface area contributed by atoms with Crippen molar-refractivity contribution >= 4 is 0 Å². The molecular formula is C18H24F4N2O2. The van der Waals surface area contributed by atoms with E-state index in [4.69, 9.17) is 4.74 Å². The lowest BCUT2D eigenvalue weighted by atomic mass is 9.85. The summed E-state index contributed by atoms with van der Waals surface area (Å²) in [7, 11) is 0. The van der Waals surface area contributed by atoms with Crippen LogP contribution in [0.4, 0.5) is 17.6 Å². The van der Waals surface area contributed by atoms with Gasteiger partial charge in [-0.3, -0.25) is 4.90 Å². The van der Waals surface area contributed by atoms with Crippen LogP contribution in [0.25, 0.3) is 0 Å². The third-order valence-electron chi connectivity index (χ3n) is 4.97. The molecule has 1 aromatic rings. The lowest BCUT2D eigenvalue weighted by molar-refractivity contribution is -0.253. The minimum absolute atomic E-state index is 0.0322. The van der Waals surface area contributed by atoms with Crippen LogP contribution in [-0.2, 0) is 4.74 Å². The van der Waals surface area contributed by atoms with Gasteiger partial charge >= 0.3 is 12.5 Å². The molecule has 1 N–H and O–H groups in total. The van der Waals surface area contributed by atoms with Crippen LogP contribution < -0.4 is 10.1 Å². The Labute approximate surface area is 150 Å². The number of halogens is 4. The Morgan fingerprint density at radius 1 is 1.15 bits per heavy atom. The third kappa shape index (κ3) is 4.66. The van der Waals surface area contributed by atoms with Gasteiger partial charge in [-0.15, -0.1) is 0 Å². The summed E-state index contributed by atoms with van der Waals surface area (Å²) < 4.78 is 61.1. The van der Waals surface area contributed by atoms with Gasteiger partial charge in [0.1, 0.15) is 5.75 Å². The summed E-state index contributed by atoms with van der Waals surface area (Å²) >= 11 is 0. The second-order valence-electron chi connectivity index (χ2n) is 6.72. The standard InChI is InChI=1S/C18H24F4N2O2/c19-17(20)18(21,22)26-15-3-1-2-14(12-15)16(13-4-10-25-11-5-13)24-8-6-23-7-9-24/h1-3,12-13,16-17,23H,4-11H2/t16-/m1/s1. The molecular weight excluding hydrogens is 352 g/mol. The second kappa shape index (κ2) is 8.54. The number of piperazine rings is 1. The molecule has 0 unspecified atom stereocenters. The van der Waals surface area contributed by atoms with Gasteiger partial charge in [-0.25, -0.2) is 0 Å². The molecule has 0 saturated carbocycles. The zero-order chi connectivity index (χ0) is 18.6. The summed E-state index contributed by atoms with van der Waals surface area (Å²) in [5, 5.41) is 3.31. The van der Waals surface area contributed by atoms with Gasteiger partial charge in [0, 0.05) is 45.4 Å².